The van der Waals surface area contributed by atoms with E-state index in [2.05, 4.69) is 43.6 Å². The van der Waals surface area contributed by atoms with Crippen molar-refractivity contribution in [2.24, 2.45) is 0 Å². The quantitative estimate of drug-likeness (QED) is 0.814. The molecule has 0 saturated carbocycles. The van der Waals surface area contributed by atoms with Gasteiger partial charge in [0.15, 0.2) is 0 Å². The largest absolute Gasteiger partial charge is 0.301 e. The average Bonchev–Trinajstić information content (AvgIpc) is 2.64. The zero-order valence-corrected chi connectivity index (χ0v) is 10.7. The van der Waals surface area contributed by atoms with Crippen LogP contribution in [0.3, 0.4) is 0 Å². The van der Waals surface area contributed by atoms with Crippen molar-refractivity contribution < 1.29 is 4.84 Å². The molecule has 2 nitrogen and oxygen atoms in total. The van der Waals surface area contributed by atoms with Crippen LogP contribution >= 0.6 is 11.3 Å². The molecule has 3 heteroatoms. The van der Waals surface area contributed by atoms with E-state index < -0.39 is 0 Å². The monoisotopic (exact) mass is 235 g/mol. The summed E-state index contributed by atoms with van der Waals surface area (Å²) in [4.78, 5) is 6.61. The highest BCUT2D eigenvalue weighted by molar-refractivity contribution is 7.19. The lowest BCUT2D eigenvalue weighted by molar-refractivity contribution is 0.0292. The van der Waals surface area contributed by atoms with Crippen molar-refractivity contribution in [3.63, 3.8) is 0 Å². The first-order valence-corrected chi connectivity index (χ1v) is 6.41. The predicted octanol–water partition coefficient (Wildman–Crippen LogP) is 3.81. The zero-order valence-electron chi connectivity index (χ0n) is 9.91. The summed E-state index contributed by atoms with van der Waals surface area (Å²) in [5.74, 6) is 0. The second-order valence-corrected chi connectivity index (χ2v) is 4.94. The van der Waals surface area contributed by atoms with Crippen LogP contribution in [0, 0.1) is 6.92 Å². The smallest absolute Gasteiger partial charge is 0.0654 e. The van der Waals surface area contributed by atoms with Crippen molar-refractivity contribution in [3.8, 4) is 0 Å². The molecule has 1 unspecified atom stereocenters. The molecule has 0 amide bonds. The van der Waals surface area contributed by atoms with Gasteiger partial charge in [-0.05, 0) is 37.8 Å². The molecule has 0 radical (unpaired) electrons. The van der Waals surface area contributed by atoms with Gasteiger partial charge in [0.1, 0.15) is 0 Å². The summed E-state index contributed by atoms with van der Waals surface area (Å²) < 4.78 is 1.35. The molecule has 1 N–H and O–H groups in total. The van der Waals surface area contributed by atoms with Crippen LogP contribution in [-0.2, 0) is 4.84 Å². The lowest BCUT2D eigenvalue weighted by Crippen LogP contribution is -2.18. The number of hydrogen-bond acceptors (Lipinski definition) is 3. The third kappa shape index (κ3) is 2.12. The highest BCUT2D eigenvalue weighted by Gasteiger charge is 2.13. The molecule has 0 fully saturated rings. The molecule has 0 aliphatic heterocycles. The molecule has 1 aromatic heterocycles. The molecule has 16 heavy (non-hydrogen) atoms. The van der Waals surface area contributed by atoms with Gasteiger partial charge in [0.25, 0.3) is 0 Å². The summed E-state index contributed by atoms with van der Waals surface area (Å²) in [6.07, 6.45) is 0. The Morgan fingerprint density at radius 2 is 2.12 bits per heavy atom. The van der Waals surface area contributed by atoms with Gasteiger partial charge in [0, 0.05) is 9.58 Å². The molecule has 2 aromatic rings. The number of hydroxylamine groups is 1. The average molecular weight is 235 g/mol. The summed E-state index contributed by atoms with van der Waals surface area (Å²) in [5, 5.41) is 1.35. The van der Waals surface area contributed by atoms with Crippen LogP contribution < -0.4 is 5.48 Å². The molecule has 0 bridgehead atoms. The van der Waals surface area contributed by atoms with Crippen molar-refractivity contribution >= 4 is 21.4 Å². The van der Waals surface area contributed by atoms with Crippen molar-refractivity contribution in [1.29, 1.82) is 0 Å². The van der Waals surface area contributed by atoms with Crippen LogP contribution in [0.5, 0.6) is 0 Å². The van der Waals surface area contributed by atoms with Crippen molar-refractivity contribution in [2.75, 3.05) is 6.61 Å². The van der Waals surface area contributed by atoms with Gasteiger partial charge in [0.2, 0.25) is 0 Å². The van der Waals surface area contributed by atoms with Crippen molar-refractivity contribution in [2.45, 2.75) is 26.8 Å². The molecule has 1 atom stereocenters. The number of thiophene rings is 1. The first-order chi connectivity index (χ1) is 7.74. The van der Waals surface area contributed by atoms with E-state index in [-0.39, 0.29) is 6.04 Å². The van der Waals surface area contributed by atoms with Crippen LogP contribution in [0.25, 0.3) is 10.1 Å². The van der Waals surface area contributed by atoms with E-state index in [1.165, 1.54) is 20.5 Å². The van der Waals surface area contributed by atoms with Gasteiger partial charge in [-0.3, -0.25) is 0 Å². The Kier molecular flexibility index (Phi) is 3.59. The molecule has 0 aliphatic rings. The summed E-state index contributed by atoms with van der Waals surface area (Å²) in [7, 11) is 0. The van der Waals surface area contributed by atoms with E-state index in [1.54, 1.807) is 0 Å². The minimum atomic E-state index is 0.248. The second kappa shape index (κ2) is 4.95. The maximum Gasteiger partial charge on any atom is 0.0654 e. The molecule has 2 rings (SSSR count). The normalized spacial score (nSPS) is 13.2. The number of fused-ring (bicyclic) bond motifs is 1. The SMILES string of the molecule is CCONC(C)c1sc2ccccc2c1C. The van der Waals surface area contributed by atoms with Crippen LogP contribution in [-0.4, -0.2) is 6.61 Å². The Hall–Kier alpha value is -0.900. The highest BCUT2D eigenvalue weighted by Crippen LogP contribution is 2.34. The molecule has 0 aliphatic carbocycles. The number of rotatable bonds is 4. The number of benzene rings is 1. The molecule has 86 valence electrons. The fourth-order valence-electron chi connectivity index (χ4n) is 1.87. The zero-order chi connectivity index (χ0) is 11.5. The van der Waals surface area contributed by atoms with Gasteiger partial charge in [0.05, 0.1) is 12.6 Å². The molecule has 0 saturated heterocycles. The van der Waals surface area contributed by atoms with E-state index in [0.29, 0.717) is 6.61 Å². The maximum absolute atomic E-state index is 5.26. The summed E-state index contributed by atoms with van der Waals surface area (Å²) >= 11 is 1.84. The Bertz CT molecular complexity index is 478. The van der Waals surface area contributed by atoms with Gasteiger partial charge in [-0.15, -0.1) is 11.3 Å². The van der Waals surface area contributed by atoms with E-state index in [9.17, 15) is 0 Å². The lowest BCUT2D eigenvalue weighted by atomic mass is 10.1. The first-order valence-electron chi connectivity index (χ1n) is 5.59. The minimum absolute atomic E-state index is 0.248. The lowest BCUT2D eigenvalue weighted by Gasteiger charge is -2.12. The third-order valence-corrected chi connectivity index (χ3v) is 4.13. The molecular weight excluding hydrogens is 218 g/mol. The van der Waals surface area contributed by atoms with Gasteiger partial charge in [-0.25, -0.2) is 0 Å². The van der Waals surface area contributed by atoms with E-state index in [1.807, 2.05) is 18.3 Å². The van der Waals surface area contributed by atoms with Gasteiger partial charge in [-0.2, -0.15) is 5.48 Å². The predicted molar refractivity (Wildman–Crippen MR) is 69.7 cm³/mol. The number of nitrogens with one attached hydrogen (secondary N) is 1. The highest BCUT2D eigenvalue weighted by atomic mass is 32.1. The van der Waals surface area contributed by atoms with E-state index in [4.69, 9.17) is 4.84 Å². The van der Waals surface area contributed by atoms with E-state index in [0.717, 1.165) is 0 Å². The van der Waals surface area contributed by atoms with Crippen molar-refractivity contribution in [1.82, 2.24) is 5.48 Å². The minimum Gasteiger partial charge on any atom is -0.301 e. The molecule has 1 heterocycles. The summed E-state index contributed by atoms with van der Waals surface area (Å²) in [6, 6.07) is 8.77. The van der Waals surface area contributed by atoms with Crippen molar-refractivity contribution in [3.05, 3.63) is 34.7 Å². The number of aryl methyl sites for hydroxylation is 1. The van der Waals surface area contributed by atoms with Crippen LogP contribution in [0.2, 0.25) is 0 Å². The Labute approximate surface area is 100 Å². The van der Waals surface area contributed by atoms with Crippen LogP contribution in [0.15, 0.2) is 24.3 Å². The van der Waals surface area contributed by atoms with Gasteiger partial charge in [-0.1, -0.05) is 18.2 Å². The molecule has 0 spiro atoms. The van der Waals surface area contributed by atoms with Crippen LogP contribution in [0.4, 0.5) is 0 Å². The molecular formula is C13H17NOS. The maximum atomic E-state index is 5.26. The fraction of sp³-hybridized carbons (Fsp3) is 0.385. The second-order valence-electron chi connectivity index (χ2n) is 3.86. The Balaban J connectivity index is 2.33. The van der Waals surface area contributed by atoms with Gasteiger partial charge >= 0.3 is 0 Å². The Morgan fingerprint density at radius 1 is 1.38 bits per heavy atom. The number of hydrogen-bond donors (Lipinski definition) is 1. The third-order valence-electron chi connectivity index (χ3n) is 2.68. The summed E-state index contributed by atoms with van der Waals surface area (Å²) in [6.45, 7) is 6.98. The Morgan fingerprint density at radius 3 is 2.81 bits per heavy atom. The standard InChI is InChI=1S/C13H17NOS/c1-4-15-14-10(3)13-9(2)11-7-5-6-8-12(11)16-13/h5-8,10,14H,4H2,1-3H3. The summed E-state index contributed by atoms with van der Waals surface area (Å²) in [5.41, 5.74) is 4.42. The van der Waals surface area contributed by atoms with Gasteiger partial charge < -0.3 is 4.84 Å². The molecule has 1 aromatic carbocycles. The first kappa shape index (κ1) is 11.6. The van der Waals surface area contributed by atoms with Crippen LogP contribution in [0.1, 0.15) is 30.3 Å². The fourth-order valence-corrected chi connectivity index (χ4v) is 3.07. The van der Waals surface area contributed by atoms with E-state index >= 15 is 0 Å². The topological polar surface area (TPSA) is 21.3 Å².